The first kappa shape index (κ1) is 21.6. The second kappa shape index (κ2) is 8.98. The first-order valence-corrected chi connectivity index (χ1v) is 11.2. The molecule has 5 rings (SSSR count). The lowest BCUT2D eigenvalue weighted by atomic mass is 9.97. The van der Waals surface area contributed by atoms with Gasteiger partial charge in [-0.1, -0.05) is 48.5 Å². The summed E-state index contributed by atoms with van der Waals surface area (Å²) >= 11 is 0. The Hall–Kier alpha value is -4.19. The molecule has 4 aromatic rings. The van der Waals surface area contributed by atoms with Gasteiger partial charge in [-0.25, -0.2) is 5.01 Å². The smallest absolute Gasteiger partial charge is 0.263 e. The minimum Gasteiger partial charge on any atom is -0.497 e. The Kier molecular flexibility index (Phi) is 5.72. The molecule has 0 spiro atoms. The number of amides is 1. The quantitative estimate of drug-likeness (QED) is 0.442. The van der Waals surface area contributed by atoms with Gasteiger partial charge in [-0.2, -0.15) is 5.10 Å². The largest absolute Gasteiger partial charge is 0.497 e. The van der Waals surface area contributed by atoms with Crippen LogP contribution in [-0.4, -0.2) is 28.3 Å². The Bertz CT molecular complexity index is 1450. The van der Waals surface area contributed by atoms with E-state index in [1.807, 2.05) is 55.5 Å². The topological polar surface area (TPSA) is 63.9 Å². The number of aryl methyl sites for hydroxylation is 1. The Balaban J connectivity index is 1.50. The number of methoxy groups -OCH3 is 1. The molecule has 34 heavy (non-hydrogen) atoms. The summed E-state index contributed by atoms with van der Waals surface area (Å²) in [4.78, 5) is 25.7. The van der Waals surface area contributed by atoms with Gasteiger partial charge in [0.1, 0.15) is 12.3 Å². The lowest BCUT2D eigenvalue weighted by Crippen LogP contribution is -2.33. The van der Waals surface area contributed by atoms with E-state index in [0.29, 0.717) is 6.42 Å². The highest BCUT2D eigenvalue weighted by Crippen LogP contribution is 2.34. The van der Waals surface area contributed by atoms with E-state index in [-0.39, 0.29) is 24.1 Å². The van der Waals surface area contributed by atoms with Crippen LogP contribution in [0.3, 0.4) is 0 Å². The molecule has 1 aliphatic rings. The fourth-order valence-corrected chi connectivity index (χ4v) is 4.32. The molecule has 2 heterocycles. The van der Waals surface area contributed by atoms with E-state index in [0.717, 1.165) is 38.9 Å². The first-order valence-electron chi connectivity index (χ1n) is 11.2. The van der Waals surface area contributed by atoms with E-state index in [1.165, 1.54) is 15.6 Å². The van der Waals surface area contributed by atoms with Crippen molar-refractivity contribution in [2.75, 3.05) is 7.11 Å². The number of fused-ring (bicyclic) bond motifs is 1. The van der Waals surface area contributed by atoms with Crippen molar-refractivity contribution in [1.29, 1.82) is 0 Å². The number of carbonyl (C=O) groups is 1. The highest BCUT2D eigenvalue weighted by Gasteiger charge is 2.33. The highest BCUT2D eigenvalue weighted by molar-refractivity contribution is 6.05. The molecule has 1 aliphatic heterocycles. The minimum atomic E-state index is -0.263. The van der Waals surface area contributed by atoms with Gasteiger partial charge in [0.05, 0.1) is 18.9 Å². The van der Waals surface area contributed by atoms with E-state index < -0.39 is 0 Å². The summed E-state index contributed by atoms with van der Waals surface area (Å²) in [6, 6.07) is 25.2. The summed E-state index contributed by atoms with van der Waals surface area (Å²) in [5, 5.41) is 8.57. The number of rotatable bonds is 5. The average Bonchev–Trinajstić information content (AvgIpc) is 3.31. The molecule has 170 valence electrons. The predicted molar refractivity (Wildman–Crippen MR) is 133 cm³/mol. The van der Waals surface area contributed by atoms with Gasteiger partial charge in [0, 0.05) is 18.7 Å². The van der Waals surface area contributed by atoms with Gasteiger partial charge in [-0.05, 0) is 58.7 Å². The summed E-state index contributed by atoms with van der Waals surface area (Å²) in [5.41, 5.74) is 3.45. The van der Waals surface area contributed by atoms with E-state index in [9.17, 15) is 9.59 Å². The number of carbonyl (C=O) groups excluding carboxylic acids is 1. The van der Waals surface area contributed by atoms with Crippen molar-refractivity contribution in [1.82, 2.24) is 9.58 Å². The molecular weight excluding hydrogens is 426 g/mol. The number of hydrazone groups is 1. The van der Waals surface area contributed by atoms with Crippen LogP contribution in [0, 0.1) is 6.92 Å². The summed E-state index contributed by atoms with van der Waals surface area (Å²) in [6.07, 6.45) is 2.24. The highest BCUT2D eigenvalue weighted by atomic mass is 16.5. The SMILES string of the molecule is COc1ccc(C2CC(c3ccc4ccccc4c3)=NN2C(=O)Cn2ccc(C)cc2=O)cc1. The van der Waals surface area contributed by atoms with Gasteiger partial charge in [0.2, 0.25) is 0 Å². The fraction of sp³-hybridized carbons (Fsp3) is 0.179. The van der Waals surface area contributed by atoms with Crippen molar-refractivity contribution in [2.24, 2.45) is 5.10 Å². The van der Waals surface area contributed by atoms with E-state index >= 15 is 0 Å². The summed E-state index contributed by atoms with van der Waals surface area (Å²) in [7, 11) is 1.63. The third-order valence-electron chi connectivity index (χ3n) is 6.21. The molecule has 0 saturated heterocycles. The van der Waals surface area contributed by atoms with Gasteiger partial charge in [0.15, 0.2) is 0 Å². The van der Waals surface area contributed by atoms with Crippen molar-refractivity contribution in [3.05, 3.63) is 112 Å². The zero-order chi connectivity index (χ0) is 23.7. The van der Waals surface area contributed by atoms with Crippen LogP contribution in [-0.2, 0) is 11.3 Å². The zero-order valence-corrected chi connectivity index (χ0v) is 19.1. The lowest BCUT2D eigenvalue weighted by Gasteiger charge is -2.22. The molecule has 6 nitrogen and oxygen atoms in total. The Labute approximate surface area is 197 Å². The fourth-order valence-electron chi connectivity index (χ4n) is 4.32. The van der Waals surface area contributed by atoms with Crippen LogP contribution in [0.5, 0.6) is 5.75 Å². The monoisotopic (exact) mass is 451 g/mol. The molecule has 1 amide bonds. The standard InChI is InChI=1S/C28H25N3O3/c1-19-13-14-30(27(32)15-19)18-28(33)31-26(21-9-11-24(34-2)12-10-21)17-25(29-31)23-8-7-20-5-3-4-6-22(20)16-23/h3-16,26H,17-18H2,1-2H3. The maximum atomic E-state index is 13.4. The normalized spacial score (nSPS) is 15.4. The number of hydrogen-bond acceptors (Lipinski definition) is 4. The first-order chi connectivity index (χ1) is 16.5. The molecule has 1 unspecified atom stereocenters. The van der Waals surface area contributed by atoms with Crippen molar-refractivity contribution in [2.45, 2.75) is 25.9 Å². The third kappa shape index (κ3) is 4.22. The van der Waals surface area contributed by atoms with Crippen LogP contribution in [0.25, 0.3) is 10.8 Å². The molecule has 1 atom stereocenters. The van der Waals surface area contributed by atoms with Gasteiger partial charge >= 0.3 is 0 Å². The number of benzene rings is 3. The molecule has 0 aliphatic carbocycles. The van der Waals surface area contributed by atoms with E-state index in [2.05, 4.69) is 24.3 Å². The zero-order valence-electron chi connectivity index (χ0n) is 19.1. The second-order valence-corrected chi connectivity index (χ2v) is 8.51. The van der Waals surface area contributed by atoms with Crippen molar-refractivity contribution >= 4 is 22.4 Å². The van der Waals surface area contributed by atoms with Crippen molar-refractivity contribution in [3.8, 4) is 5.75 Å². The molecule has 0 bridgehead atoms. The van der Waals surface area contributed by atoms with Gasteiger partial charge in [0.25, 0.3) is 11.5 Å². The predicted octanol–water partition coefficient (Wildman–Crippen LogP) is 4.70. The Morgan fingerprint density at radius 1 is 1.00 bits per heavy atom. The van der Waals surface area contributed by atoms with Crippen LogP contribution < -0.4 is 10.3 Å². The number of pyridine rings is 1. The van der Waals surface area contributed by atoms with Gasteiger partial charge < -0.3 is 9.30 Å². The average molecular weight is 452 g/mol. The van der Waals surface area contributed by atoms with Gasteiger partial charge in [-0.3, -0.25) is 9.59 Å². The Morgan fingerprint density at radius 3 is 2.50 bits per heavy atom. The Morgan fingerprint density at radius 2 is 1.76 bits per heavy atom. The third-order valence-corrected chi connectivity index (χ3v) is 6.21. The summed E-state index contributed by atoms with van der Waals surface area (Å²) in [5.74, 6) is 0.518. The maximum Gasteiger partial charge on any atom is 0.263 e. The van der Waals surface area contributed by atoms with Gasteiger partial charge in [-0.15, -0.1) is 0 Å². The van der Waals surface area contributed by atoms with E-state index in [1.54, 1.807) is 13.3 Å². The number of ether oxygens (including phenoxy) is 1. The van der Waals surface area contributed by atoms with Crippen LogP contribution in [0.1, 0.15) is 29.2 Å². The molecule has 0 saturated carbocycles. The van der Waals surface area contributed by atoms with Crippen LogP contribution in [0.15, 0.2) is 95.0 Å². The van der Waals surface area contributed by atoms with Crippen LogP contribution in [0.4, 0.5) is 0 Å². The molecule has 3 aromatic carbocycles. The molecule has 0 fully saturated rings. The minimum absolute atomic E-state index is 0.0692. The number of hydrogen-bond donors (Lipinski definition) is 0. The maximum absolute atomic E-state index is 13.4. The molecule has 6 heteroatoms. The molecular formula is C28H25N3O3. The molecule has 0 radical (unpaired) electrons. The van der Waals surface area contributed by atoms with Crippen LogP contribution in [0.2, 0.25) is 0 Å². The number of aromatic nitrogens is 1. The molecule has 1 aromatic heterocycles. The van der Waals surface area contributed by atoms with E-state index in [4.69, 9.17) is 9.84 Å². The van der Waals surface area contributed by atoms with Crippen LogP contribution >= 0.6 is 0 Å². The number of nitrogens with zero attached hydrogens (tertiary/aromatic N) is 3. The summed E-state index contributed by atoms with van der Waals surface area (Å²) < 4.78 is 6.71. The summed E-state index contributed by atoms with van der Waals surface area (Å²) in [6.45, 7) is 1.79. The second-order valence-electron chi connectivity index (χ2n) is 8.51. The van der Waals surface area contributed by atoms with Crippen molar-refractivity contribution in [3.63, 3.8) is 0 Å². The lowest BCUT2D eigenvalue weighted by molar-refractivity contribution is -0.133. The van der Waals surface area contributed by atoms with Crippen molar-refractivity contribution < 1.29 is 9.53 Å². The molecule has 0 N–H and O–H groups in total.